The topological polar surface area (TPSA) is 73.2 Å². The van der Waals surface area contributed by atoms with E-state index in [0.717, 1.165) is 46.5 Å². The van der Waals surface area contributed by atoms with Gasteiger partial charge in [-0.05, 0) is 72.6 Å². The molecule has 1 amide bonds. The first-order valence-corrected chi connectivity index (χ1v) is 14.2. The lowest BCUT2D eigenvalue weighted by atomic mass is 9.72. The number of benzene rings is 2. The van der Waals surface area contributed by atoms with E-state index >= 15 is 0 Å². The van der Waals surface area contributed by atoms with Crippen LogP contribution in [0.4, 0.5) is 5.69 Å². The molecule has 6 nitrogen and oxygen atoms in total. The molecule has 192 valence electrons. The summed E-state index contributed by atoms with van der Waals surface area (Å²) in [5.74, 6) is 1.28. The summed E-state index contributed by atoms with van der Waals surface area (Å²) in [4.78, 5) is 33.7. The minimum absolute atomic E-state index is 0.0547. The Kier molecular flexibility index (Phi) is 7.14. The molecule has 4 aromatic rings. The summed E-state index contributed by atoms with van der Waals surface area (Å²) in [6.45, 7) is 6.88. The third-order valence-electron chi connectivity index (χ3n) is 7.00. The fourth-order valence-corrected chi connectivity index (χ4v) is 7.00. The number of carbonyl (C=O) groups excluding carboxylic acids is 1. The van der Waals surface area contributed by atoms with Crippen molar-refractivity contribution in [2.75, 3.05) is 18.2 Å². The number of anilines is 1. The van der Waals surface area contributed by atoms with Gasteiger partial charge in [0.2, 0.25) is 5.91 Å². The predicted octanol–water partition coefficient (Wildman–Crippen LogP) is 6.34. The molecule has 8 heteroatoms. The van der Waals surface area contributed by atoms with Crippen LogP contribution in [0.5, 0.6) is 5.75 Å². The summed E-state index contributed by atoms with van der Waals surface area (Å²) in [6.07, 6.45) is 2.96. The van der Waals surface area contributed by atoms with Crippen LogP contribution < -0.4 is 15.6 Å². The molecule has 2 heterocycles. The van der Waals surface area contributed by atoms with E-state index in [9.17, 15) is 9.59 Å². The molecule has 1 N–H and O–H groups in total. The molecular weight excluding hydrogens is 502 g/mol. The fourth-order valence-electron chi connectivity index (χ4n) is 4.85. The second-order valence-corrected chi connectivity index (χ2v) is 12.5. The highest BCUT2D eigenvalue weighted by Gasteiger charge is 2.32. The molecule has 1 unspecified atom stereocenters. The van der Waals surface area contributed by atoms with Crippen LogP contribution in [0.1, 0.15) is 37.6 Å². The van der Waals surface area contributed by atoms with Crippen LogP contribution in [-0.2, 0) is 17.6 Å². The molecule has 1 aliphatic rings. The number of aromatic nitrogens is 2. The molecule has 0 saturated carbocycles. The van der Waals surface area contributed by atoms with Gasteiger partial charge < -0.3 is 10.1 Å². The lowest BCUT2D eigenvalue weighted by molar-refractivity contribution is -0.113. The Morgan fingerprint density at radius 2 is 1.89 bits per heavy atom. The van der Waals surface area contributed by atoms with Crippen molar-refractivity contribution in [3.63, 3.8) is 0 Å². The quantitative estimate of drug-likeness (QED) is 0.231. The van der Waals surface area contributed by atoms with Crippen molar-refractivity contribution in [2.24, 2.45) is 11.3 Å². The highest BCUT2D eigenvalue weighted by Crippen LogP contribution is 2.42. The lowest BCUT2D eigenvalue weighted by Gasteiger charge is -2.33. The van der Waals surface area contributed by atoms with Gasteiger partial charge in [0.05, 0.1) is 23.9 Å². The van der Waals surface area contributed by atoms with Gasteiger partial charge in [0, 0.05) is 10.6 Å². The van der Waals surface area contributed by atoms with E-state index in [1.54, 1.807) is 47.3 Å². The number of nitrogens with one attached hydrogen (secondary N) is 1. The summed E-state index contributed by atoms with van der Waals surface area (Å²) in [5.41, 5.74) is 2.78. The molecule has 5 rings (SSSR count). The number of carbonyl (C=O) groups is 1. The van der Waals surface area contributed by atoms with Crippen LogP contribution >= 0.6 is 23.1 Å². The number of thioether (sulfide) groups is 1. The number of methoxy groups -OCH3 is 1. The van der Waals surface area contributed by atoms with Crippen LogP contribution in [0.15, 0.2) is 64.5 Å². The molecule has 0 bridgehead atoms. The van der Waals surface area contributed by atoms with Crippen LogP contribution in [0.25, 0.3) is 15.9 Å². The first kappa shape index (κ1) is 25.5. The zero-order valence-corrected chi connectivity index (χ0v) is 23.2. The maximum atomic E-state index is 14.0. The first-order chi connectivity index (χ1) is 17.7. The van der Waals surface area contributed by atoms with E-state index in [1.807, 2.05) is 30.3 Å². The van der Waals surface area contributed by atoms with Crippen molar-refractivity contribution in [3.8, 4) is 11.4 Å². The van der Waals surface area contributed by atoms with E-state index in [0.29, 0.717) is 16.8 Å². The Hall–Kier alpha value is -3.10. The monoisotopic (exact) mass is 533 g/mol. The van der Waals surface area contributed by atoms with Gasteiger partial charge in [-0.25, -0.2) is 4.98 Å². The number of aryl methyl sites for hydroxylation is 1. The zero-order chi connectivity index (χ0) is 26.2. The number of hydrogen-bond donors (Lipinski definition) is 1. The molecule has 0 fully saturated rings. The highest BCUT2D eigenvalue weighted by molar-refractivity contribution is 7.99. The van der Waals surface area contributed by atoms with Gasteiger partial charge in [-0.1, -0.05) is 50.7 Å². The fraction of sp³-hybridized carbons (Fsp3) is 0.345. The summed E-state index contributed by atoms with van der Waals surface area (Å²) in [6, 6.07) is 16.8. The van der Waals surface area contributed by atoms with Gasteiger partial charge >= 0.3 is 0 Å². The molecule has 0 saturated heterocycles. The summed E-state index contributed by atoms with van der Waals surface area (Å²) in [7, 11) is 1.60. The highest BCUT2D eigenvalue weighted by atomic mass is 32.2. The number of fused-ring (bicyclic) bond motifs is 3. The van der Waals surface area contributed by atoms with Crippen LogP contribution in [0, 0.1) is 11.3 Å². The molecular formula is C29H31N3O3S2. The Balaban J connectivity index is 1.48. The summed E-state index contributed by atoms with van der Waals surface area (Å²) >= 11 is 2.92. The molecule has 2 aromatic carbocycles. The number of amides is 1. The minimum Gasteiger partial charge on any atom is -0.497 e. The third kappa shape index (κ3) is 5.31. The van der Waals surface area contributed by atoms with Crippen LogP contribution in [-0.4, -0.2) is 28.3 Å². The van der Waals surface area contributed by atoms with E-state index in [4.69, 9.17) is 9.72 Å². The van der Waals surface area contributed by atoms with Crippen molar-refractivity contribution in [1.29, 1.82) is 0 Å². The second-order valence-electron chi connectivity index (χ2n) is 10.4. The van der Waals surface area contributed by atoms with E-state index < -0.39 is 0 Å². The van der Waals surface area contributed by atoms with Gasteiger partial charge in [-0.15, -0.1) is 11.3 Å². The molecule has 1 aliphatic carbocycles. The number of hydrogen-bond acceptors (Lipinski definition) is 6. The molecule has 2 aromatic heterocycles. The normalized spacial score (nSPS) is 15.4. The number of nitrogens with zero attached hydrogens (tertiary/aromatic N) is 2. The summed E-state index contributed by atoms with van der Waals surface area (Å²) < 4.78 is 6.84. The van der Waals surface area contributed by atoms with Crippen LogP contribution in [0.2, 0.25) is 0 Å². The minimum atomic E-state index is -0.164. The number of rotatable bonds is 6. The van der Waals surface area contributed by atoms with Crippen molar-refractivity contribution in [2.45, 2.75) is 45.2 Å². The number of ether oxygens (including phenoxy) is 1. The Labute approximate surface area is 225 Å². The number of thiophene rings is 1. The summed E-state index contributed by atoms with van der Waals surface area (Å²) in [5, 5.41) is 4.17. The number of para-hydroxylation sites is 1. The van der Waals surface area contributed by atoms with Crippen molar-refractivity contribution in [1.82, 2.24) is 9.55 Å². The van der Waals surface area contributed by atoms with Crippen LogP contribution in [0.3, 0.4) is 0 Å². The van der Waals surface area contributed by atoms with Gasteiger partial charge in [0.15, 0.2) is 5.16 Å². The van der Waals surface area contributed by atoms with Gasteiger partial charge in [0.25, 0.3) is 5.56 Å². The Morgan fingerprint density at radius 1 is 1.16 bits per heavy atom. The average molecular weight is 534 g/mol. The molecule has 1 atom stereocenters. The van der Waals surface area contributed by atoms with Gasteiger partial charge in [0.1, 0.15) is 10.6 Å². The Morgan fingerprint density at radius 3 is 2.57 bits per heavy atom. The first-order valence-electron chi connectivity index (χ1n) is 12.4. The van der Waals surface area contributed by atoms with E-state index in [-0.39, 0.29) is 22.6 Å². The smallest absolute Gasteiger partial charge is 0.267 e. The van der Waals surface area contributed by atoms with Crippen molar-refractivity contribution < 1.29 is 9.53 Å². The predicted molar refractivity (Wildman–Crippen MR) is 153 cm³/mol. The lowest BCUT2D eigenvalue weighted by Crippen LogP contribution is -2.27. The molecule has 37 heavy (non-hydrogen) atoms. The van der Waals surface area contributed by atoms with Crippen molar-refractivity contribution in [3.05, 3.63) is 75.4 Å². The van der Waals surface area contributed by atoms with E-state index in [1.165, 1.54) is 16.6 Å². The van der Waals surface area contributed by atoms with E-state index in [2.05, 4.69) is 26.1 Å². The SMILES string of the molecule is COc1ccc(NC(=O)CSc2nc3sc4c(c3c(=O)n2-c2ccccc2)CCC(C(C)(C)C)C4)cc1. The zero-order valence-electron chi connectivity index (χ0n) is 21.5. The third-order valence-corrected chi connectivity index (χ3v) is 9.08. The molecule has 0 spiro atoms. The molecule has 0 aliphatic heterocycles. The largest absolute Gasteiger partial charge is 0.497 e. The standard InChI is InChI=1S/C29H31N3O3S2/c1-29(2,3)18-10-15-22-23(16-18)37-26-25(22)27(34)32(20-8-6-5-7-9-20)28(31-26)36-17-24(33)30-19-11-13-21(35-4)14-12-19/h5-9,11-14,18H,10,15-17H2,1-4H3,(H,30,33). The maximum Gasteiger partial charge on any atom is 0.267 e. The average Bonchev–Trinajstić information content (AvgIpc) is 3.26. The molecule has 0 radical (unpaired) electrons. The van der Waals surface area contributed by atoms with Gasteiger partial charge in [-0.2, -0.15) is 0 Å². The van der Waals surface area contributed by atoms with Gasteiger partial charge in [-0.3, -0.25) is 14.2 Å². The second kappa shape index (κ2) is 10.3. The Bertz CT molecular complexity index is 1490. The van der Waals surface area contributed by atoms with Crippen molar-refractivity contribution >= 4 is 44.9 Å². The maximum absolute atomic E-state index is 14.0.